The highest BCUT2D eigenvalue weighted by molar-refractivity contribution is 7.80. The molecule has 0 unspecified atom stereocenters. The van der Waals surface area contributed by atoms with Gasteiger partial charge >= 0.3 is 0 Å². The third-order valence-corrected chi connectivity index (χ3v) is 4.20. The van der Waals surface area contributed by atoms with Crippen LogP contribution in [0, 0.1) is 0 Å². The zero-order valence-electron chi connectivity index (χ0n) is 13.3. The maximum atomic E-state index is 12.7. The van der Waals surface area contributed by atoms with Crippen molar-refractivity contribution in [3.8, 4) is 17.2 Å². The molecule has 0 saturated carbocycles. The fourth-order valence-corrected chi connectivity index (χ4v) is 2.97. The Morgan fingerprint density at radius 1 is 1.16 bits per heavy atom. The standard InChI is InChI=1S/C18H14N2O4S/c1-22-13-5-3-12(4-6-13)20-17(21)14(19-18(20)25)8-11-2-7-15-16(9-11)24-10-23-15/h2-9H,10H2,1H3,(H,19,25)/b14-8+. The quantitative estimate of drug-likeness (QED) is 0.676. The second-order valence-corrected chi connectivity index (χ2v) is 5.83. The minimum atomic E-state index is -0.215. The van der Waals surface area contributed by atoms with Gasteiger partial charge in [-0.3, -0.25) is 9.69 Å². The molecule has 2 aromatic rings. The average Bonchev–Trinajstić information content (AvgIpc) is 3.19. The number of hydrogen-bond donors (Lipinski definition) is 1. The van der Waals surface area contributed by atoms with Gasteiger partial charge in [0.1, 0.15) is 11.4 Å². The van der Waals surface area contributed by atoms with Crippen molar-refractivity contribution in [2.45, 2.75) is 0 Å². The first kappa shape index (κ1) is 15.5. The van der Waals surface area contributed by atoms with E-state index in [1.54, 1.807) is 37.5 Å². The zero-order chi connectivity index (χ0) is 17.4. The summed E-state index contributed by atoms with van der Waals surface area (Å²) in [5, 5.41) is 3.30. The predicted octanol–water partition coefficient (Wildman–Crippen LogP) is 2.69. The van der Waals surface area contributed by atoms with Crippen molar-refractivity contribution >= 4 is 35.0 Å². The molecule has 2 aromatic carbocycles. The molecule has 2 aliphatic heterocycles. The van der Waals surface area contributed by atoms with Gasteiger partial charge < -0.3 is 19.5 Å². The number of amides is 1. The first-order valence-corrected chi connectivity index (χ1v) is 7.97. The maximum absolute atomic E-state index is 12.7. The summed E-state index contributed by atoms with van der Waals surface area (Å²) in [5.41, 5.74) is 1.90. The molecule has 0 radical (unpaired) electrons. The third-order valence-electron chi connectivity index (χ3n) is 3.92. The number of fused-ring (bicyclic) bond motifs is 1. The molecule has 0 aromatic heterocycles. The highest BCUT2D eigenvalue weighted by Gasteiger charge is 2.32. The molecular formula is C18H14N2O4S. The summed E-state index contributed by atoms with van der Waals surface area (Å²) in [4.78, 5) is 14.2. The van der Waals surface area contributed by atoms with E-state index in [0.717, 1.165) is 5.56 Å². The Hall–Kier alpha value is -3.06. The number of methoxy groups -OCH3 is 1. The number of carbonyl (C=O) groups is 1. The number of thiocarbonyl (C=S) groups is 1. The third kappa shape index (κ3) is 2.78. The van der Waals surface area contributed by atoms with E-state index in [9.17, 15) is 4.79 Å². The first-order chi connectivity index (χ1) is 12.2. The van der Waals surface area contributed by atoms with Gasteiger partial charge in [0.25, 0.3) is 5.91 Å². The van der Waals surface area contributed by atoms with E-state index in [4.69, 9.17) is 26.4 Å². The minimum absolute atomic E-state index is 0.210. The van der Waals surface area contributed by atoms with Crippen LogP contribution in [0.15, 0.2) is 48.2 Å². The SMILES string of the molecule is COc1ccc(N2C(=O)/C(=C\c3ccc4c(c3)OCO4)NC2=S)cc1. The summed E-state index contributed by atoms with van der Waals surface area (Å²) in [7, 11) is 1.59. The summed E-state index contributed by atoms with van der Waals surface area (Å²) in [6.45, 7) is 0.210. The number of carbonyl (C=O) groups excluding carboxylic acids is 1. The zero-order valence-corrected chi connectivity index (χ0v) is 14.1. The smallest absolute Gasteiger partial charge is 0.281 e. The molecule has 7 heteroatoms. The first-order valence-electron chi connectivity index (χ1n) is 7.56. The summed E-state index contributed by atoms with van der Waals surface area (Å²) in [6, 6.07) is 12.6. The summed E-state index contributed by atoms with van der Waals surface area (Å²) in [5.74, 6) is 1.86. The lowest BCUT2D eigenvalue weighted by Crippen LogP contribution is -2.30. The van der Waals surface area contributed by atoms with E-state index in [2.05, 4.69) is 5.32 Å². The highest BCUT2D eigenvalue weighted by atomic mass is 32.1. The molecule has 2 heterocycles. The van der Waals surface area contributed by atoms with Crippen LogP contribution in [0.3, 0.4) is 0 Å². The van der Waals surface area contributed by atoms with Crippen LogP contribution in [-0.2, 0) is 4.79 Å². The number of anilines is 1. The Morgan fingerprint density at radius 2 is 1.92 bits per heavy atom. The van der Waals surface area contributed by atoms with E-state index in [1.807, 2.05) is 18.2 Å². The molecular weight excluding hydrogens is 340 g/mol. The molecule has 25 heavy (non-hydrogen) atoms. The van der Waals surface area contributed by atoms with E-state index < -0.39 is 0 Å². The Kier molecular flexibility index (Phi) is 3.77. The molecule has 1 fully saturated rings. The van der Waals surface area contributed by atoms with Gasteiger partial charge in [-0.1, -0.05) is 6.07 Å². The van der Waals surface area contributed by atoms with Gasteiger partial charge in [0, 0.05) is 0 Å². The van der Waals surface area contributed by atoms with Crippen LogP contribution in [0.2, 0.25) is 0 Å². The lowest BCUT2D eigenvalue weighted by molar-refractivity contribution is -0.113. The normalized spacial score (nSPS) is 17.2. The molecule has 2 aliphatic rings. The molecule has 126 valence electrons. The van der Waals surface area contributed by atoms with Gasteiger partial charge in [-0.2, -0.15) is 0 Å². The van der Waals surface area contributed by atoms with Crippen LogP contribution in [0.1, 0.15) is 5.56 Å². The number of benzene rings is 2. The average molecular weight is 354 g/mol. The number of ether oxygens (including phenoxy) is 3. The predicted molar refractivity (Wildman–Crippen MR) is 96.8 cm³/mol. The summed E-state index contributed by atoms with van der Waals surface area (Å²) < 4.78 is 15.8. The topological polar surface area (TPSA) is 60.0 Å². The molecule has 1 amide bonds. The second-order valence-electron chi connectivity index (χ2n) is 5.44. The molecule has 1 saturated heterocycles. The number of nitrogens with zero attached hydrogens (tertiary/aromatic N) is 1. The Balaban J connectivity index is 1.62. The Labute approximate surface area is 149 Å². The van der Waals surface area contributed by atoms with Crippen molar-refractivity contribution in [1.82, 2.24) is 5.32 Å². The highest BCUT2D eigenvalue weighted by Crippen LogP contribution is 2.33. The fraction of sp³-hybridized carbons (Fsp3) is 0.111. The van der Waals surface area contributed by atoms with Crippen molar-refractivity contribution in [3.05, 3.63) is 53.7 Å². The van der Waals surface area contributed by atoms with E-state index >= 15 is 0 Å². The second kappa shape index (κ2) is 6.10. The van der Waals surface area contributed by atoms with Crippen LogP contribution < -0.4 is 24.4 Å². The van der Waals surface area contributed by atoms with Crippen LogP contribution in [0.25, 0.3) is 6.08 Å². The van der Waals surface area contributed by atoms with E-state index in [1.165, 1.54) is 4.90 Å². The van der Waals surface area contributed by atoms with Crippen LogP contribution in [-0.4, -0.2) is 24.9 Å². The van der Waals surface area contributed by atoms with E-state index in [-0.39, 0.29) is 12.7 Å². The largest absolute Gasteiger partial charge is 0.497 e. The molecule has 0 aliphatic carbocycles. The van der Waals surface area contributed by atoms with Gasteiger partial charge in [-0.25, -0.2) is 0 Å². The minimum Gasteiger partial charge on any atom is -0.497 e. The van der Waals surface area contributed by atoms with E-state index in [0.29, 0.717) is 33.7 Å². The number of rotatable bonds is 3. The van der Waals surface area contributed by atoms with Gasteiger partial charge in [-0.05, 0) is 60.3 Å². The van der Waals surface area contributed by atoms with Crippen molar-refractivity contribution in [2.24, 2.45) is 0 Å². The monoisotopic (exact) mass is 354 g/mol. The Bertz CT molecular complexity index is 892. The van der Waals surface area contributed by atoms with Gasteiger partial charge in [-0.15, -0.1) is 0 Å². The maximum Gasteiger partial charge on any atom is 0.281 e. The molecule has 0 atom stereocenters. The molecule has 0 spiro atoms. The molecule has 4 rings (SSSR count). The van der Waals surface area contributed by atoms with Crippen LogP contribution in [0.5, 0.6) is 17.2 Å². The van der Waals surface area contributed by atoms with Gasteiger partial charge in [0.05, 0.1) is 12.8 Å². The lowest BCUT2D eigenvalue weighted by Gasteiger charge is -2.14. The van der Waals surface area contributed by atoms with Crippen molar-refractivity contribution in [3.63, 3.8) is 0 Å². The molecule has 1 N–H and O–H groups in total. The van der Waals surface area contributed by atoms with Crippen molar-refractivity contribution < 1.29 is 19.0 Å². The van der Waals surface area contributed by atoms with Crippen molar-refractivity contribution in [1.29, 1.82) is 0 Å². The Morgan fingerprint density at radius 3 is 2.68 bits per heavy atom. The fourth-order valence-electron chi connectivity index (χ4n) is 2.67. The van der Waals surface area contributed by atoms with Gasteiger partial charge in [0.2, 0.25) is 6.79 Å². The number of nitrogens with one attached hydrogen (secondary N) is 1. The molecule has 6 nitrogen and oxygen atoms in total. The van der Waals surface area contributed by atoms with Crippen molar-refractivity contribution in [2.75, 3.05) is 18.8 Å². The van der Waals surface area contributed by atoms with Crippen LogP contribution in [0.4, 0.5) is 5.69 Å². The van der Waals surface area contributed by atoms with Gasteiger partial charge in [0.15, 0.2) is 16.6 Å². The number of hydrogen-bond acceptors (Lipinski definition) is 5. The summed E-state index contributed by atoms with van der Waals surface area (Å²) >= 11 is 5.31. The van der Waals surface area contributed by atoms with Crippen LogP contribution >= 0.6 is 12.2 Å². The molecule has 0 bridgehead atoms. The summed E-state index contributed by atoms with van der Waals surface area (Å²) in [6.07, 6.45) is 1.74. The lowest BCUT2D eigenvalue weighted by atomic mass is 10.1.